The van der Waals surface area contributed by atoms with E-state index in [9.17, 15) is 0 Å². The van der Waals surface area contributed by atoms with Crippen molar-refractivity contribution in [3.8, 4) is 0 Å². The Morgan fingerprint density at radius 1 is 1.28 bits per heavy atom. The van der Waals surface area contributed by atoms with Crippen LogP contribution in [0.2, 0.25) is 0 Å². The number of nitrogens with one attached hydrogen (secondary N) is 1. The first-order chi connectivity index (χ1) is 8.69. The first-order valence-electron chi connectivity index (χ1n) is 5.35. The average molecular weight is 262 g/mol. The summed E-state index contributed by atoms with van der Waals surface area (Å²) in [6.45, 7) is 0.730. The molecule has 2 aromatic heterocycles. The Labute approximate surface area is 109 Å². The molecule has 0 aliphatic rings. The molecule has 18 heavy (non-hydrogen) atoms. The van der Waals surface area contributed by atoms with Gasteiger partial charge in [-0.2, -0.15) is 0 Å². The molecular formula is C11H14N6S. The summed E-state index contributed by atoms with van der Waals surface area (Å²) in [5, 5.41) is 4.44. The maximum atomic E-state index is 5.63. The van der Waals surface area contributed by atoms with Crippen LogP contribution in [0.15, 0.2) is 34.6 Å². The van der Waals surface area contributed by atoms with Crippen LogP contribution in [0.1, 0.15) is 5.56 Å². The molecule has 0 aromatic carbocycles. The summed E-state index contributed by atoms with van der Waals surface area (Å²) in [5.41, 5.74) is 12.3. The maximum absolute atomic E-state index is 5.63. The SMILES string of the molecule is CNCc1cccnc1Sc1nc(N)cc(N)n1. The molecule has 94 valence electrons. The Balaban J connectivity index is 2.27. The summed E-state index contributed by atoms with van der Waals surface area (Å²) >= 11 is 1.35. The Morgan fingerprint density at radius 2 is 2.00 bits per heavy atom. The van der Waals surface area contributed by atoms with Gasteiger partial charge in [0.15, 0.2) is 5.16 Å². The lowest BCUT2D eigenvalue weighted by Crippen LogP contribution is -2.07. The van der Waals surface area contributed by atoms with Crippen molar-refractivity contribution in [1.82, 2.24) is 20.3 Å². The first kappa shape index (κ1) is 12.6. The molecular weight excluding hydrogens is 248 g/mol. The van der Waals surface area contributed by atoms with Gasteiger partial charge in [-0.05, 0) is 30.4 Å². The van der Waals surface area contributed by atoms with Gasteiger partial charge in [0, 0.05) is 18.8 Å². The topological polar surface area (TPSA) is 103 Å². The Morgan fingerprint density at radius 3 is 2.67 bits per heavy atom. The molecule has 0 amide bonds. The van der Waals surface area contributed by atoms with Gasteiger partial charge in [-0.1, -0.05) is 6.07 Å². The van der Waals surface area contributed by atoms with Crippen molar-refractivity contribution in [3.05, 3.63) is 30.0 Å². The number of nitrogens with two attached hydrogens (primary N) is 2. The lowest BCUT2D eigenvalue weighted by atomic mass is 10.3. The molecule has 0 aliphatic heterocycles. The number of nitrogen functional groups attached to an aromatic ring is 2. The van der Waals surface area contributed by atoms with Crippen molar-refractivity contribution in [2.24, 2.45) is 0 Å². The van der Waals surface area contributed by atoms with Crippen molar-refractivity contribution in [1.29, 1.82) is 0 Å². The summed E-state index contributed by atoms with van der Waals surface area (Å²) in [6, 6.07) is 5.42. The molecule has 0 aliphatic carbocycles. The van der Waals surface area contributed by atoms with Crippen LogP contribution in [-0.4, -0.2) is 22.0 Å². The highest BCUT2D eigenvalue weighted by atomic mass is 32.2. The van der Waals surface area contributed by atoms with Crippen LogP contribution in [-0.2, 0) is 6.54 Å². The smallest absolute Gasteiger partial charge is 0.197 e. The minimum Gasteiger partial charge on any atom is -0.383 e. The van der Waals surface area contributed by atoms with Gasteiger partial charge in [0.2, 0.25) is 0 Å². The third-order valence-electron chi connectivity index (χ3n) is 2.15. The zero-order valence-corrected chi connectivity index (χ0v) is 10.7. The minimum atomic E-state index is 0.357. The van der Waals surface area contributed by atoms with Gasteiger partial charge in [-0.15, -0.1) is 0 Å². The van der Waals surface area contributed by atoms with Crippen molar-refractivity contribution in [2.75, 3.05) is 18.5 Å². The predicted molar refractivity (Wildman–Crippen MR) is 72.0 cm³/mol. The molecule has 2 heterocycles. The van der Waals surface area contributed by atoms with Crippen LogP contribution in [0.3, 0.4) is 0 Å². The van der Waals surface area contributed by atoms with Crippen LogP contribution < -0.4 is 16.8 Å². The molecule has 0 radical (unpaired) electrons. The third-order valence-corrected chi connectivity index (χ3v) is 3.08. The van der Waals surface area contributed by atoms with Gasteiger partial charge < -0.3 is 16.8 Å². The fraction of sp³-hybridized carbons (Fsp3) is 0.182. The van der Waals surface area contributed by atoms with Crippen LogP contribution in [0.25, 0.3) is 0 Å². The van der Waals surface area contributed by atoms with Gasteiger partial charge in [-0.3, -0.25) is 0 Å². The van der Waals surface area contributed by atoms with Gasteiger partial charge >= 0.3 is 0 Å². The molecule has 0 bridgehead atoms. The second-order valence-electron chi connectivity index (χ2n) is 3.60. The molecule has 2 aromatic rings. The largest absolute Gasteiger partial charge is 0.383 e. The summed E-state index contributed by atoms with van der Waals surface area (Å²) < 4.78 is 0. The van der Waals surface area contributed by atoms with Crippen LogP contribution in [0, 0.1) is 0 Å². The van der Waals surface area contributed by atoms with E-state index in [1.807, 2.05) is 19.2 Å². The molecule has 5 N–H and O–H groups in total. The lowest BCUT2D eigenvalue weighted by molar-refractivity contribution is 0.788. The second-order valence-corrected chi connectivity index (χ2v) is 4.56. The van der Waals surface area contributed by atoms with Crippen LogP contribution in [0.5, 0.6) is 0 Å². The molecule has 7 heteroatoms. The van der Waals surface area contributed by atoms with Crippen molar-refractivity contribution in [3.63, 3.8) is 0 Å². The van der Waals surface area contributed by atoms with E-state index in [-0.39, 0.29) is 0 Å². The predicted octanol–water partition coefficient (Wildman–Crippen LogP) is 0.907. The molecule has 0 unspecified atom stereocenters. The fourth-order valence-electron chi connectivity index (χ4n) is 1.44. The number of pyridine rings is 1. The number of hydrogen-bond donors (Lipinski definition) is 3. The van der Waals surface area contributed by atoms with Gasteiger partial charge in [0.05, 0.1) is 0 Å². The van der Waals surface area contributed by atoms with E-state index < -0.39 is 0 Å². The second kappa shape index (κ2) is 5.65. The minimum absolute atomic E-state index is 0.357. The summed E-state index contributed by atoms with van der Waals surface area (Å²) in [4.78, 5) is 12.6. The van der Waals surface area contributed by atoms with Crippen LogP contribution >= 0.6 is 11.8 Å². The van der Waals surface area contributed by atoms with Gasteiger partial charge in [-0.25, -0.2) is 15.0 Å². The van der Waals surface area contributed by atoms with Gasteiger partial charge in [0.25, 0.3) is 0 Å². The van der Waals surface area contributed by atoms with E-state index in [1.54, 1.807) is 6.20 Å². The Kier molecular flexibility index (Phi) is 3.96. The monoisotopic (exact) mass is 262 g/mol. The summed E-state index contributed by atoms with van der Waals surface area (Å²) in [5.74, 6) is 0.715. The molecule has 2 rings (SSSR count). The van der Waals surface area contributed by atoms with E-state index in [1.165, 1.54) is 17.8 Å². The highest BCUT2D eigenvalue weighted by Gasteiger charge is 2.08. The molecule has 6 nitrogen and oxygen atoms in total. The molecule has 0 fully saturated rings. The maximum Gasteiger partial charge on any atom is 0.197 e. The highest BCUT2D eigenvalue weighted by Crippen LogP contribution is 2.26. The number of anilines is 2. The number of rotatable bonds is 4. The van der Waals surface area contributed by atoms with E-state index in [2.05, 4.69) is 20.3 Å². The molecule has 0 saturated heterocycles. The highest BCUT2D eigenvalue weighted by molar-refractivity contribution is 7.99. The molecule has 0 spiro atoms. The average Bonchev–Trinajstić information content (AvgIpc) is 2.30. The van der Waals surface area contributed by atoms with Crippen molar-refractivity contribution in [2.45, 2.75) is 16.7 Å². The van der Waals surface area contributed by atoms with E-state index in [0.29, 0.717) is 16.8 Å². The molecule has 0 atom stereocenters. The zero-order chi connectivity index (χ0) is 13.0. The zero-order valence-electron chi connectivity index (χ0n) is 9.92. The third kappa shape index (κ3) is 3.08. The van der Waals surface area contributed by atoms with E-state index in [0.717, 1.165) is 17.1 Å². The Bertz CT molecular complexity index is 525. The standard InChI is InChI=1S/C11H14N6S/c1-14-6-7-3-2-4-15-10(7)18-11-16-8(12)5-9(13)17-11/h2-5,14H,6H2,1H3,(H4,12,13,16,17). The van der Waals surface area contributed by atoms with Crippen molar-refractivity contribution < 1.29 is 0 Å². The fourth-order valence-corrected chi connectivity index (χ4v) is 2.29. The normalized spacial score (nSPS) is 10.5. The summed E-state index contributed by atoms with van der Waals surface area (Å²) in [7, 11) is 1.89. The number of aromatic nitrogens is 3. The molecule has 0 saturated carbocycles. The Hall–Kier alpha value is -1.86. The van der Waals surface area contributed by atoms with E-state index >= 15 is 0 Å². The lowest BCUT2D eigenvalue weighted by Gasteiger charge is -2.07. The van der Waals surface area contributed by atoms with Crippen LogP contribution in [0.4, 0.5) is 11.6 Å². The van der Waals surface area contributed by atoms with Crippen molar-refractivity contribution >= 4 is 23.4 Å². The quantitative estimate of drug-likeness (QED) is 0.703. The number of hydrogen-bond acceptors (Lipinski definition) is 7. The van der Waals surface area contributed by atoms with Gasteiger partial charge in [0.1, 0.15) is 16.7 Å². The van der Waals surface area contributed by atoms with E-state index in [4.69, 9.17) is 11.5 Å². The number of nitrogens with zero attached hydrogens (tertiary/aromatic N) is 3. The first-order valence-corrected chi connectivity index (χ1v) is 6.17. The summed E-state index contributed by atoms with van der Waals surface area (Å²) in [6.07, 6.45) is 1.73.